The smallest absolute Gasteiger partial charge is 0.212 e. The van der Waals surface area contributed by atoms with E-state index in [2.05, 4.69) is 0 Å². The largest absolute Gasteiger partial charge is 0.243 e. The number of benzene rings is 1. The van der Waals surface area contributed by atoms with Crippen molar-refractivity contribution >= 4 is 20.0 Å². The van der Waals surface area contributed by atoms with Gasteiger partial charge in [-0.3, -0.25) is 0 Å². The zero-order valence-corrected chi connectivity index (χ0v) is 13.8. The van der Waals surface area contributed by atoms with Crippen molar-refractivity contribution in [2.24, 2.45) is 0 Å². The summed E-state index contributed by atoms with van der Waals surface area (Å²) < 4.78 is 51.2. The van der Waals surface area contributed by atoms with Crippen LogP contribution in [0.4, 0.5) is 0 Å². The molecule has 0 N–H and O–H groups in total. The topological polar surface area (TPSA) is 74.8 Å². The SMILES string of the molecule is CCS(=O)(=O)N1CCN(S(=O)(=O)c2ccc(C)cc2)CC1. The van der Waals surface area contributed by atoms with Crippen molar-refractivity contribution in [2.45, 2.75) is 18.7 Å². The lowest BCUT2D eigenvalue weighted by atomic mass is 10.2. The Bertz CT molecular complexity index is 688. The number of hydrogen-bond acceptors (Lipinski definition) is 4. The molecular formula is C13H20N2O4S2. The molecule has 1 fully saturated rings. The van der Waals surface area contributed by atoms with Crippen LogP contribution in [0.2, 0.25) is 0 Å². The first kappa shape index (κ1) is 16.4. The van der Waals surface area contributed by atoms with Gasteiger partial charge in [-0.05, 0) is 26.0 Å². The fourth-order valence-corrected chi connectivity index (χ4v) is 4.74. The fraction of sp³-hybridized carbons (Fsp3) is 0.538. The molecule has 0 amide bonds. The predicted molar refractivity (Wildman–Crippen MR) is 81.0 cm³/mol. The number of sulfonamides is 2. The first-order chi connectivity index (χ1) is 9.77. The maximum Gasteiger partial charge on any atom is 0.243 e. The minimum absolute atomic E-state index is 0.0394. The lowest BCUT2D eigenvalue weighted by Crippen LogP contribution is -2.50. The summed E-state index contributed by atoms with van der Waals surface area (Å²) in [5.41, 5.74) is 0.993. The van der Waals surface area contributed by atoms with Gasteiger partial charge in [0, 0.05) is 26.2 Å². The van der Waals surface area contributed by atoms with E-state index in [0.717, 1.165) is 5.56 Å². The summed E-state index contributed by atoms with van der Waals surface area (Å²) in [5, 5.41) is 0. The van der Waals surface area contributed by atoms with Crippen LogP contribution in [-0.4, -0.2) is 57.4 Å². The molecule has 0 atom stereocenters. The van der Waals surface area contributed by atoms with E-state index in [0.29, 0.717) is 0 Å². The van der Waals surface area contributed by atoms with Crippen molar-refractivity contribution in [1.82, 2.24) is 8.61 Å². The molecule has 21 heavy (non-hydrogen) atoms. The maximum atomic E-state index is 12.5. The normalized spacial score (nSPS) is 18.8. The minimum atomic E-state index is -3.54. The van der Waals surface area contributed by atoms with Gasteiger partial charge in [-0.1, -0.05) is 17.7 Å². The van der Waals surface area contributed by atoms with E-state index in [-0.39, 0.29) is 36.8 Å². The molecule has 0 aromatic heterocycles. The minimum Gasteiger partial charge on any atom is -0.212 e. The Kier molecular flexibility index (Phi) is 4.72. The van der Waals surface area contributed by atoms with Crippen LogP contribution in [0.1, 0.15) is 12.5 Å². The third-order valence-electron chi connectivity index (χ3n) is 3.61. The summed E-state index contributed by atoms with van der Waals surface area (Å²) in [4.78, 5) is 0.250. The highest BCUT2D eigenvalue weighted by Crippen LogP contribution is 2.19. The third kappa shape index (κ3) is 3.45. The number of aryl methyl sites for hydroxylation is 1. The van der Waals surface area contributed by atoms with Gasteiger partial charge >= 0.3 is 0 Å². The second-order valence-electron chi connectivity index (χ2n) is 5.02. The fourth-order valence-electron chi connectivity index (χ4n) is 2.23. The number of nitrogens with zero attached hydrogens (tertiary/aromatic N) is 2. The van der Waals surface area contributed by atoms with Crippen LogP contribution in [0.25, 0.3) is 0 Å². The number of hydrogen-bond donors (Lipinski definition) is 0. The number of rotatable bonds is 4. The van der Waals surface area contributed by atoms with E-state index < -0.39 is 20.0 Å². The van der Waals surface area contributed by atoms with Gasteiger partial charge in [0.25, 0.3) is 0 Å². The Morgan fingerprint density at radius 2 is 1.38 bits per heavy atom. The Labute approximate surface area is 126 Å². The quantitative estimate of drug-likeness (QED) is 0.811. The highest BCUT2D eigenvalue weighted by Gasteiger charge is 2.32. The molecule has 6 nitrogen and oxygen atoms in total. The van der Waals surface area contributed by atoms with Gasteiger partial charge in [0.2, 0.25) is 20.0 Å². The lowest BCUT2D eigenvalue weighted by Gasteiger charge is -2.33. The van der Waals surface area contributed by atoms with E-state index in [1.54, 1.807) is 31.2 Å². The molecule has 0 unspecified atom stereocenters. The lowest BCUT2D eigenvalue weighted by molar-refractivity contribution is 0.273. The standard InChI is InChI=1S/C13H20N2O4S2/c1-3-20(16,17)14-8-10-15(11-9-14)21(18,19)13-6-4-12(2)5-7-13/h4-7H,3,8-11H2,1-2H3. The Morgan fingerprint density at radius 3 is 1.86 bits per heavy atom. The summed E-state index contributed by atoms with van der Waals surface area (Å²) in [7, 11) is -6.79. The second kappa shape index (κ2) is 6.04. The van der Waals surface area contributed by atoms with E-state index in [1.807, 2.05) is 6.92 Å². The second-order valence-corrected chi connectivity index (χ2v) is 9.21. The zero-order valence-electron chi connectivity index (χ0n) is 12.2. The maximum absolute atomic E-state index is 12.5. The van der Waals surface area contributed by atoms with Crippen molar-refractivity contribution in [3.05, 3.63) is 29.8 Å². The van der Waals surface area contributed by atoms with Gasteiger partial charge in [0.15, 0.2) is 0 Å². The monoisotopic (exact) mass is 332 g/mol. The Balaban J connectivity index is 2.13. The molecule has 8 heteroatoms. The molecule has 1 heterocycles. The van der Waals surface area contributed by atoms with Crippen LogP contribution in [0.5, 0.6) is 0 Å². The Morgan fingerprint density at radius 1 is 0.905 bits per heavy atom. The van der Waals surface area contributed by atoms with E-state index in [4.69, 9.17) is 0 Å². The molecule has 0 radical (unpaired) electrons. The molecule has 0 saturated carbocycles. The summed E-state index contributed by atoms with van der Waals surface area (Å²) in [6.07, 6.45) is 0. The average Bonchev–Trinajstić information content (AvgIpc) is 2.48. The van der Waals surface area contributed by atoms with Crippen LogP contribution in [0.3, 0.4) is 0 Å². The Hall–Kier alpha value is -0.960. The van der Waals surface area contributed by atoms with Crippen molar-refractivity contribution < 1.29 is 16.8 Å². The van der Waals surface area contributed by atoms with E-state index in [9.17, 15) is 16.8 Å². The van der Waals surface area contributed by atoms with Crippen LogP contribution in [-0.2, 0) is 20.0 Å². The van der Waals surface area contributed by atoms with Gasteiger partial charge in [0.05, 0.1) is 10.6 Å². The van der Waals surface area contributed by atoms with Crippen LogP contribution in [0.15, 0.2) is 29.2 Å². The molecule has 1 aromatic rings. The van der Waals surface area contributed by atoms with E-state index >= 15 is 0 Å². The van der Waals surface area contributed by atoms with E-state index in [1.165, 1.54) is 8.61 Å². The molecule has 1 saturated heterocycles. The van der Waals surface area contributed by atoms with Gasteiger partial charge in [0.1, 0.15) is 0 Å². The highest BCUT2D eigenvalue weighted by atomic mass is 32.2. The highest BCUT2D eigenvalue weighted by molar-refractivity contribution is 7.89. The van der Waals surface area contributed by atoms with Crippen LogP contribution < -0.4 is 0 Å². The van der Waals surface area contributed by atoms with Crippen LogP contribution >= 0.6 is 0 Å². The van der Waals surface area contributed by atoms with Gasteiger partial charge in [-0.2, -0.15) is 8.61 Å². The summed E-state index contributed by atoms with van der Waals surface area (Å²) in [6.45, 7) is 4.28. The third-order valence-corrected chi connectivity index (χ3v) is 7.41. The summed E-state index contributed by atoms with van der Waals surface area (Å²) in [5.74, 6) is 0.0394. The van der Waals surface area contributed by atoms with Crippen LogP contribution in [0, 0.1) is 6.92 Å². The van der Waals surface area contributed by atoms with Gasteiger partial charge < -0.3 is 0 Å². The van der Waals surface area contributed by atoms with Crippen molar-refractivity contribution in [1.29, 1.82) is 0 Å². The molecule has 0 spiro atoms. The number of piperazine rings is 1. The summed E-state index contributed by atoms with van der Waals surface area (Å²) in [6, 6.07) is 6.68. The first-order valence-corrected chi connectivity index (χ1v) is 9.87. The molecule has 0 bridgehead atoms. The van der Waals surface area contributed by atoms with Crippen molar-refractivity contribution in [3.63, 3.8) is 0 Å². The van der Waals surface area contributed by atoms with Gasteiger partial charge in [-0.15, -0.1) is 0 Å². The van der Waals surface area contributed by atoms with Gasteiger partial charge in [-0.25, -0.2) is 16.8 Å². The average molecular weight is 332 g/mol. The summed E-state index contributed by atoms with van der Waals surface area (Å²) >= 11 is 0. The predicted octanol–water partition coefficient (Wildman–Crippen LogP) is 0.651. The molecule has 118 valence electrons. The molecule has 2 rings (SSSR count). The molecule has 1 aliphatic rings. The van der Waals surface area contributed by atoms with Crippen molar-refractivity contribution in [2.75, 3.05) is 31.9 Å². The van der Waals surface area contributed by atoms with Crippen molar-refractivity contribution in [3.8, 4) is 0 Å². The first-order valence-electron chi connectivity index (χ1n) is 6.82. The molecule has 0 aliphatic carbocycles. The molecule has 1 aliphatic heterocycles. The zero-order chi connectivity index (χ0) is 15.7. The molecule has 1 aromatic carbocycles. The molecular weight excluding hydrogens is 312 g/mol.